The minimum absolute atomic E-state index is 0.0163. The monoisotopic (exact) mass is 526 g/mol. The van der Waals surface area contributed by atoms with Crippen molar-refractivity contribution in [3.8, 4) is 5.75 Å². The first-order valence-electron chi connectivity index (χ1n) is 11.5. The van der Waals surface area contributed by atoms with Crippen LogP contribution in [0.1, 0.15) is 21.5 Å². The number of nitrogens with one attached hydrogen (secondary N) is 1. The van der Waals surface area contributed by atoms with E-state index in [1.165, 1.54) is 30.3 Å². The van der Waals surface area contributed by atoms with Gasteiger partial charge in [-0.15, -0.1) is 0 Å². The summed E-state index contributed by atoms with van der Waals surface area (Å²) in [4.78, 5) is 50.4. The van der Waals surface area contributed by atoms with E-state index in [-0.39, 0.29) is 23.4 Å². The highest BCUT2D eigenvalue weighted by molar-refractivity contribution is 6.39. The van der Waals surface area contributed by atoms with Crippen LogP contribution in [0.2, 0.25) is 5.02 Å². The number of ether oxygens (including phenoxy) is 1. The van der Waals surface area contributed by atoms with Gasteiger partial charge in [-0.25, -0.2) is 14.5 Å². The zero-order valence-electron chi connectivity index (χ0n) is 19.7. The van der Waals surface area contributed by atoms with Gasteiger partial charge in [0.05, 0.1) is 11.3 Å². The molecule has 0 bridgehead atoms. The third-order valence-corrected chi connectivity index (χ3v) is 6.24. The van der Waals surface area contributed by atoms with Crippen molar-refractivity contribution in [1.29, 1.82) is 0 Å². The van der Waals surface area contributed by atoms with Crippen molar-refractivity contribution in [3.05, 3.63) is 112 Å². The molecule has 1 aliphatic rings. The minimum atomic E-state index is -1.15. The fraction of sp³-hybridized carbons (Fsp3) is 0.0345. The number of carbonyl (C=O) groups excluding carboxylic acids is 3. The average molecular weight is 527 g/mol. The summed E-state index contributed by atoms with van der Waals surface area (Å²) in [6, 6.07) is 22.8. The maximum atomic E-state index is 13.3. The van der Waals surface area contributed by atoms with Crippen molar-refractivity contribution < 1.29 is 29.0 Å². The zero-order chi connectivity index (χ0) is 26.8. The lowest BCUT2D eigenvalue weighted by atomic mass is 10.0. The van der Waals surface area contributed by atoms with E-state index in [0.29, 0.717) is 16.3 Å². The van der Waals surface area contributed by atoms with Gasteiger partial charge in [-0.3, -0.25) is 14.9 Å². The molecule has 0 saturated carbocycles. The summed E-state index contributed by atoms with van der Waals surface area (Å²) >= 11 is 6.21. The Balaban J connectivity index is 1.47. The number of barbiturate groups is 1. The standard InChI is InChI=1S/C29H19ClN2O6/c30-21-10-13-25(38-16-19-6-3-5-17-4-1-2-7-23(17)19)20(14-21)15-24-26(33)31-29(37)32(27(24)34)22-11-8-18(9-12-22)28(35)36/h1-15H,16H2,(H,35,36)(H,31,33,37)/b24-15+. The van der Waals surface area contributed by atoms with Crippen LogP contribution in [0, 0.1) is 0 Å². The number of rotatable bonds is 6. The van der Waals surface area contributed by atoms with Gasteiger partial charge in [0.1, 0.15) is 17.9 Å². The number of amides is 4. The quantitative estimate of drug-likeness (QED) is 0.255. The lowest BCUT2D eigenvalue weighted by Gasteiger charge is -2.26. The molecule has 0 aliphatic carbocycles. The number of carboxylic acid groups (broad SMARTS) is 1. The van der Waals surface area contributed by atoms with Crippen LogP contribution in [0.15, 0.2) is 90.5 Å². The van der Waals surface area contributed by atoms with Crippen molar-refractivity contribution in [1.82, 2.24) is 5.32 Å². The highest BCUT2D eigenvalue weighted by atomic mass is 35.5. The number of anilines is 1. The number of hydrogen-bond acceptors (Lipinski definition) is 5. The Labute approximate surface area is 221 Å². The van der Waals surface area contributed by atoms with Crippen molar-refractivity contribution in [2.45, 2.75) is 6.61 Å². The second kappa shape index (κ2) is 10.2. The molecular weight excluding hydrogens is 508 g/mol. The fourth-order valence-electron chi connectivity index (χ4n) is 4.14. The summed E-state index contributed by atoms with van der Waals surface area (Å²) in [7, 11) is 0. The SMILES string of the molecule is O=C1NC(=O)N(c2ccc(C(=O)O)cc2)C(=O)/C1=C/c1cc(Cl)ccc1OCc1cccc2ccccc12. The van der Waals surface area contributed by atoms with Gasteiger partial charge in [0.25, 0.3) is 11.8 Å². The second-order valence-corrected chi connectivity index (χ2v) is 8.86. The lowest BCUT2D eigenvalue weighted by Crippen LogP contribution is -2.54. The average Bonchev–Trinajstić information content (AvgIpc) is 2.90. The number of nitrogens with zero attached hydrogens (tertiary/aromatic N) is 1. The molecule has 5 rings (SSSR count). The van der Waals surface area contributed by atoms with E-state index in [1.54, 1.807) is 18.2 Å². The van der Waals surface area contributed by atoms with Crippen molar-refractivity contribution in [3.63, 3.8) is 0 Å². The first-order valence-corrected chi connectivity index (χ1v) is 11.8. The first kappa shape index (κ1) is 24.7. The third-order valence-electron chi connectivity index (χ3n) is 6.01. The van der Waals surface area contributed by atoms with Gasteiger partial charge in [0.2, 0.25) is 0 Å². The maximum Gasteiger partial charge on any atom is 0.335 e. The number of imide groups is 2. The largest absolute Gasteiger partial charge is 0.488 e. The number of aromatic carboxylic acids is 1. The number of carbonyl (C=O) groups is 4. The molecule has 188 valence electrons. The smallest absolute Gasteiger partial charge is 0.335 e. The number of hydrogen-bond donors (Lipinski definition) is 2. The predicted octanol–water partition coefficient (Wildman–Crippen LogP) is 5.44. The molecule has 4 aromatic rings. The Morgan fingerprint density at radius 3 is 2.45 bits per heavy atom. The number of fused-ring (bicyclic) bond motifs is 1. The third kappa shape index (κ3) is 4.85. The Morgan fingerprint density at radius 2 is 1.68 bits per heavy atom. The maximum absolute atomic E-state index is 13.3. The molecule has 2 N–H and O–H groups in total. The van der Waals surface area contributed by atoms with Gasteiger partial charge in [0.15, 0.2) is 0 Å². The lowest BCUT2D eigenvalue weighted by molar-refractivity contribution is -0.122. The molecule has 4 amide bonds. The molecule has 0 atom stereocenters. The van der Waals surface area contributed by atoms with Crippen LogP contribution < -0.4 is 15.0 Å². The normalized spacial score (nSPS) is 14.6. The Bertz CT molecular complexity index is 1640. The van der Waals surface area contributed by atoms with E-state index in [0.717, 1.165) is 21.2 Å². The molecule has 38 heavy (non-hydrogen) atoms. The van der Waals surface area contributed by atoms with E-state index in [2.05, 4.69) is 5.32 Å². The molecule has 1 heterocycles. The van der Waals surface area contributed by atoms with E-state index >= 15 is 0 Å². The highest BCUT2D eigenvalue weighted by Crippen LogP contribution is 2.29. The van der Waals surface area contributed by atoms with Gasteiger partial charge >= 0.3 is 12.0 Å². The van der Waals surface area contributed by atoms with Crippen LogP contribution in [-0.4, -0.2) is 28.9 Å². The summed E-state index contributed by atoms with van der Waals surface area (Å²) in [6.07, 6.45) is 1.31. The van der Waals surface area contributed by atoms with E-state index < -0.39 is 23.8 Å². The Hall–Kier alpha value is -4.95. The molecule has 9 heteroatoms. The van der Waals surface area contributed by atoms with Crippen molar-refractivity contribution in [2.75, 3.05) is 4.90 Å². The summed E-state index contributed by atoms with van der Waals surface area (Å²) in [6.45, 7) is 0.222. The van der Waals surface area contributed by atoms with Gasteiger partial charge in [-0.2, -0.15) is 0 Å². The Morgan fingerprint density at radius 1 is 0.947 bits per heavy atom. The second-order valence-electron chi connectivity index (χ2n) is 8.42. The summed E-state index contributed by atoms with van der Waals surface area (Å²) < 4.78 is 6.08. The summed E-state index contributed by atoms with van der Waals surface area (Å²) in [5.41, 5.74) is 1.09. The molecule has 0 unspecified atom stereocenters. The van der Waals surface area contributed by atoms with Crippen molar-refractivity contribution in [2.24, 2.45) is 0 Å². The summed E-state index contributed by atoms with van der Waals surface area (Å²) in [5, 5.41) is 13.7. The van der Waals surface area contributed by atoms with Crippen LogP contribution in [0.4, 0.5) is 10.5 Å². The molecule has 1 saturated heterocycles. The van der Waals surface area contributed by atoms with Crippen molar-refractivity contribution >= 4 is 58.0 Å². The van der Waals surface area contributed by atoms with Gasteiger partial charge < -0.3 is 9.84 Å². The number of halogens is 1. The molecule has 1 aliphatic heterocycles. The van der Waals surface area contributed by atoms with Crippen LogP contribution in [0.3, 0.4) is 0 Å². The van der Waals surface area contributed by atoms with Crippen LogP contribution >= 0.6 is 11.6 Å². The molecule has 0 radical (unpaired) electrons. The van der Waals surface area contributed by atoms with Crippen LogP contribution in [-0.2, 0) is 16.2 Å². The topological polar surface area (TPSA) is 113 Å². The Kier molecular flexibility index (Phi) is 6.64. The number of benzene rings is 4. The van der Waals surface area contributed by atoms with Gasteiger partial charge in [-0.1, -0.05) is 54.1 Å². The number of urea groups is 1. The van der Waals surface area contributed by atoms with Crippen LogP contribution in [0.5, 0.6) is 5.75 Å². The molecule has 0 spiro atoms. The summed E-state index contributed by atoms with van der Waals surface area (Å²) in [5.74, 6) is -2.52. The van der Waals surface area contributed by atoms with E-state index in [9.17, 15) is 19.2 Å². The molecule has 1 fully saturated rings. The van der Waals surface area contributed by atoms with Gasteiger partial charge in [0, 0.05) is 10.6 Å². The number of carboxylic acids is 1. The fourth-order valence-corrected chi connectivity index (χ4v) is 4.32. The van der Waals surface area contributed by atoms with Gasteiger partial charge in [-0.05, 0) is 64.9 Å². The minimum Gasteiger partial charge on any atom is -0.488 e. The van der Waals surface area contributed by atoms with E-state index in [1.807, 2.05) is 42.5 Å². The molecule has 0 aromatic heterocycles. The van der Waals surface area contributed by atoms with Crippen LogP contribution in [0.25, 0.3) is 16.8 Å². The predicted molar refractivity (Wildman–Crippen MR) is 142 cm³/mol. The zero-order valence-corrected chi connectivity index (χ0v) is 20.4. The first-order chi connectivity index (χ1) is 18.3. The van der Waals surface area contributed by atoms with E-state index in [4.69, 9.17) is 21.4 Å². The molecular formula is C29H19ClN2O6. The highest BCUT2D eigenvalue weighted by Gasteiger charge is 2.37. The molecule has 4 aromatic carbocycles. The molecule has 8 nitrogen and oxygen atoms in total.